The summed E-state index contributed by atoms with van der Waals surface area (Å²) in [5, 5.41) is 14.7. The first-order valence-electron chi connectivity index (χ1n) is 14.1. The first kappa shape index (κ1) is 29.4. The summed E-state index contributed by atoms with van der Waals surface area (Å²) in [6.07, 6.45) is 6.12. The minimum atomic E-state index is -1.18. The van der Waals surface area contributed by atoms with Crippen LogP contribution in [-0.2, 0) is 11.3 Å². The fourth-order valence-electron chi connectivity index (χ4n) is 8.22. The molecule has 4 aromatic rings. The number of benzene rings is 3. The van der Waals surface area contributed by atoms with Gasteiger partial charge in [-0.1, -0.05) is 35.9 Å². The number of aromatic carboxylic acids is 1. The average molecular weight is 599 g/mol. The zero-order chi connectivity index (χ0) is 28.5. The van der Waals surface area contributed by atoms with Gasteiger partial charge in [0.1, 0.15) is 11.6 Å². The van der Waals surface area contributed by atoms with Crippen molar-refractivity contribution in [3.63, 3.8) is 0 Å². The zero-order valence-electron chi connectivity index (χ0n) is 24.3. The standard InChI is InChI=1S/C33H29ClF2N2O3.Na.H/c34-24-3-1-2-18(9-24)17-38-28-12-22(23-10-25(35)13-26(36)11-23)4-5-27(28)29(30(38)31(39)40)37-32(41)33-14-19-6-20(15-33)8-21(7-19)16-33;;/h1-5,9-13,19-21H,6-8,14-17H2,(H,37,41)(H,39,40);;/q;+1;-1. The third kappa shape index (κ3) is 5.19. The number of carboxylic acids is 1. The normalized spacial score (nSPS) is 24.0. The van der Waals surface area contributed by atoms with E-state index in [-0.39, 0.29) is 54.8 Å². The smallest absolute Gasteiger partial charge is 1.00 e. The molecule has 4 fully saturated rings. The Morgan fingerprint density at radius 1 is 0.929 bits per heavy atom. The second-order valence-corrected chi connectivity index (χ2v) is 12.7. The van der Waals surface area contributed by atoms with E-state index in [2.05, 4.69) is 5.32 Å². The molecule has 8 rings (SSSR count). The summed E-state index contributed by atoms with van der Waals surface area (Å²) in [5.41, 5.74) is 1.91. The number of fused-ring (bicyclic) bond motifs is 1. The van der Waals surface area contributed by atoms with Crippen molar-refractivity contribution >= 4 is 40.1 Å². The van der Waals surface area contributed by atoms with Crippen molar-refractivity contribution < 1.29 is 54.5 Å². The summed E-state index contributed by atoms with van der Waals surface area (Å²) in [5.74, 6) is -1.01. The first-order chi connectivity index (χ1) is 19.7. The van der Waals surface area contributed by atoms with Crippen LogP contribution in [0, 0.1) is 34.8 Å². The maximum atomic E-state index is 14.1. The van der Waals surface area contributed by atoms with Crippen LogP contribution in [0.1, 0.15) is 56.0 Å². The van der Waals surface area contributed by atoms with E-state index in [1.54, 1.807) is 41.0 Å². The van der Waals surface area contributed by atoms with Gasteiger partial charge >= 0.3 is 35.5 Å². The van der Waals surface area contributed by atoms with Gasteiger partial charge in [-0.2, -0.15) is 0 Å². The minimum Gasteiger partial charge on any atom is -1.00 e. The third-order valence-corrected chi connectivity index (χ3v) is 9.69. The van der Waals surface area contributed by atoms with Gasteiger partial charge in [0.2, 0.25) is 5.91 Å². The third-order valence-electron chi connectivity index (χ3n) is 9.45. The predicted octanol–water partition coefficient (Wildman–Crippen LogP) is 5.26. The molecule has 4 aliphatic rings. The molecule has 2 N–H and O–H groups in total. The van der Waals surface area contributed by atoms with E-state index < -0.39 is 23.0 Å². The van der Waals surface area contributed by atoms with Gasteiger partial charge in [-0.05, 0) is 103 Å². The van der Waals surface area contributed by atoms with Crippen LogP contribution < -0.4 is 34.9 Å². The van der Waals surface area contributed by atoms with E-state index in [1.807, 2.05) is 6.07 Å². The van der Waals surface area contributed by atoms with Crippen LogP contribution in [0.4, 0.5) is 14.5 Å². The molecule has 3 aromatic carbocycles. The number of carbonyl (C=O) groups excluding carboxylic acids is 1. The molecule has 0 unspecified atom stereocenters. The summed E-state index contributed by atoms with van der Waals surface area (Å²) in [6.45, 7) is 0.174. The fraction of sp³-hybridized carbons (Fsp3) is 0.333. The Hall–Kier alpha value is -2.71. The van der Waals surface area contributed by atoms with Crippen molar-refractivity contribution in [3.8, 4) is 11.1 Å². The van der Waals surface area contributed by atoms with E-state index in [0.717, 1.165) is 30.9 Å². The molecule has 0 atom stereocenters. The van der Waals surface area contributed by atoms with Crippen molar-refractivity contribution in [2.75, 3.05) is 5.32 Å². The van der Waals surface area contributed by atoms with Crippen LogP contribution in [0.15, 0.2) is 60.7 Å². The topological polar surface area (TPSA) is 71.3 Å². The molecule has 5 nitrogen and oxygen atoms in total. The van der Waals surface area contributed by atoms with Gasteiger partial charge in [0.25, 0.3) is 0 Å². The molecule has 1 heterocycles. The Bertz CT molecular complexity index is 1690. The van der Waals surface area contributed by atoms with Crippen molar-refractivity contribution in [3.05, 3.63) is 88.6 Å². The second-order valence-electron chi connectivity index (χ2n) is 12.3. The Labute approximate surface area is 271 Å². The van der Waals surface area contributed by atoms with E-state index in [0.29, 0.717) is 44.8 Å². The van der Waals surface area contributed by atoms with Gasteiger partial charge < -0.3 is 16.4 Å². The monoisotopic (exact) mass is 598 g/mol. The van der Waals surface area contributed by atoms with Gasteiger partial charge in [-0.3, -0.25) is 4.79 Å². The van der Waals surface area contributed by atoms with Crippen molar-refractivity contribution in [1.29, 1.82) is 0 Å². The van der Waals surface area contributed by atoms with Crippen LogP contribution in [0.25, 0.3) is 22.0 Å². The number of amides is 1. The molecule has 42 heavy (non-hydrogen) atoms. The molecule has 0 saturated heterocycles. The molecule has 0 aliphatic heterocycles. The van der Waals surface area contributed by atoms with E-state index in [4.69, 9.17) is 11.6 Å². The van der Waals surface area contributed by atoms with Gasteiger partial charge in [-0.25, -0.2) is 13.6 Å². The summed E-state index contributed by atoms with van der Waals surface area (Å²) in [6, 6.07) is 15.6. The maximum Gasteiger partial charge on any atom is 1.00 e. The van der Waals surface area contributed by atoms with Crippen LogP contribution in [0.2, 0.25) is 5.02 Å². The summed E-state index contributed by atoms with van der Waals surface area (Å²) >= 11 is 6.24. The molecule has 212 valence electrons. The van der Waals surface area contributed by atoms with Crippen molar-refractivity contribution in [2.45, 2.75) is 45.1 Å². The molecule has 1 amide bonds. The van der Waals surface area contributed by atoms with E-state index >= 15 is 0 Å². The zero-order valence-corrected chi connectivity index (χ0v) is 26.1. The van der Waals surface area contributed by atoms with E-state index in [9.17, 15) is 23.5 Å². The number of nitrogens with zero attached hydrogens (tertiary/aromatic N) is 1. The van der Waals surface area contributed by atoms with Crippen LogP contribution in [-0.4, -0.2) is 21.6 Å². The molecule has 9 heteroatoms. The molecule has 1 aromatic heterocycles. The molecule has 0 radical (unpaired) electrons. The molecular formula is C33H30ClF2N2NaO3. The minimum absolute atomic E-state index is 0. The number of carboxylic acid groups (broad SMARTS) is 1. The first-order valence-corrected chi connectivity index (χ1v) is 14.5. The van der Waals surface area contributed by atoms with Crippen molar-refractivity contribution in [2.24, 2.45) is 23.2 Å². The predicted molar refractivity (Wildman–Crippen MR) is 155 cm³/mol. The fourth-order valence-corrected chi connectivity index (χ4v) is 8.43. The Kier molecular flexibility index (Phi) is 7.75. The Morgan fingerprint density at radius 2 is 1.57 bits per heavy atom. The quantitative estimate of drug-likeness (QED) is 0.298. The second kappa shape index (κ2) is 11.1. The average Bonchev–Trinajstić information content (AvgIpc) is 3.19. The number of halogens is 3. The van der Waals surface area contributed by atoms with Crippen LogP contribution >= 0.6 is 11.6 Å². The summed E-state index contributed by atoms with van der Waals surface area (Å²) < 4.78 is 29.8. The Morgan fingerprint density at radius 3 is 2.17 bits per heavy atom. The summed E-state index contributed by atoms with van der Waals surface area (Å²) in [4.78, 5) is 26.9. The summed E-state index contributed by atoms with van der Waals surface area (Å²) in [7, 11) is 0. The number of aromatic nitrogens is 1. The van der Waals surface area contributed by atoms with Crippen LogP contribution in [0.3, 0.4) is 0 Å². The number of hydrogen-bond donors (Lipinski definition) is 2. The number of hydrogen-bond acceptors (Lipinski definition) is 2. The molecule has 4 saturated carbocycles. The molecule has 0 spiro atoms. The van der Waals surface area contributed by atoms with Gasteiger partial charge in [0, 0.05) is 23.0 Å². The molecular weight excluding hydrogens is 569 g/mol. The van der Waals surface area contributed by atoms with Crippen LogP contribution in [0.5, 0.6) is 0 Å². The Balaban J connectivity index is 0.00000184. The van der Waals surface area contributed by atoms with Gasteiger partial charge in [0.15, 0.2) is 5.69 Å². The molecule has 4 bridgehead atoms. The largest absolute Gasteiger partial charge is 1.00 e. The van der Waals surface area contributed by atoms with E-state index in [1.165, 1.54) is 31.4 Å². The number of nitrogens with one attached hydrogen (secondary N) is 1. The number of rotatable bonds is 6. The van der Waals surface area contributed by atoms with Gasteiger partial charge in [0.05, 0.1) is 16.6 Å². The van der Waals surface area contributed by atoms with Crippen molar-refractivity contribution in [1.82, 2.24) is 4.57 Å². The maximum absolute atomic E-state index is 14.1. The number of anilines is 1. The van der Waals surface area contributed by atoms with Gasteiger partial charge in [-0.15, -0.1) is 0 Å². The number of carbonyl (C=O) groups is 2. The SMILES string of the molecule is O=C(O)c1c(NC(=O)C23CC4CC(CC(C4)C2)C3)c2ccc(-c3cc(F)cc(F)c3)cc2n1Cc1cccc(Cl)c1.[H-].[Na+]. The molecule has 4 aliphatic carbocycles.